The fourth-order valence-electron chi connectivity index (χ4n) is 10.0. The molecule has 0 unspecified atom stereocenters. The maximum absolute atomic E-state index is 6.38. The molecular formula is C58H35N3OS. The molecule has 2 aromatic heterocycles. The predicted octanol–water partition coefficient (Wildman–Crippen LogP) is 14.9. The Kier molecular flexibility index (Phi) is 8.02. The Labute approximate surface area is 368 Å². The first-order valence-electron chi connectivity index (χ1n) is 21.3. The topological polar surface area (TPSA) is 51.8 Å². The van der Waals surface area contributed by atoms with Crippen LogP contribution in [0.2, 0.25) is 0 Å². The molecule has 4 nitrogen and oxygen atoms in total. The molecule has 0 N–H and O–H groups in total. The van der Waals surface area contributed by atoms with Gasteiger partial charge in [0.2, 0.25) is 0 Å². The highest BCUT2D eigenvalue weighted by atomic mass is 32.2. The Balaban J connectivity index is 0.906. The number of nitrogens with zero attached hydrogens (tertiary/aromatic N) is 3. The van der Waals surface area contributed by atoms with Crippen molar-refractivity contribution in [2.24, 2.45) is 0 Å². The van der Waals surface area contributed by atoms with Crippen molar-refractivity contribution in [2.45, 2.75) is 15.2 Å². The van der Waals surface area contributed by atoms with Crippen LogP contribution in [0.3, 0.4) is 0 Å². The van der Waals surface area contributed by atoms with Crippen molar-refractivity contribution in [3.8, 4) is 67.5 Å². The minimum Gasteiger partial charge on any atom is -0.455 e. The SMILES string of the molecule is c1ccc(-c2nc(-c3ccc(-c4cccc5c4oc4ccccc45)cc3)nc(-c3cccc(-c4ccc5c(c4)Sc4ccccc4C54c5ccccc5-c5ccccc54)c3)n2)cc1. The van der Waals surface area contributed by atoms with Crippen LogP contribution in [0.5, 0.6) is 0 Å². The summed E-state index contributed by atoms with van der Waals surface area (Å²) in [4.78, 5) is 17.9. The second-order valence-corrected chi connectivity index (χ2v) is 17.3. The van der Waals surface area contributed by atoms with Crippen molar-refractivity contribution in [3.63, 3.8) is 0 Å². The minimum absolute atomic E-state index is 0.404. The summed E-state index contributed by atoms with van der Waals surface area (Å²) >= 11 is 1.86. The number of rotatable bonds is 5. The molecule has 0 saturated carbocycles. The lowest BCUT2D eigenvalue weighted by Crippen LogP contribution is -2.31. The average molecular weight is 822 g/mol. The summed E-state index contributed by atoms with van der Waals surface area (Å²) in [7, 11) is 0. The van der Waals surface area contributed by atoms with Crippen LogP contribution in [-0.4, -0.2) is 15.0 Å². The van der Waals surface area contributed by atoms with Crippen LogP contribution in [0.1, 0.15) is 22.3 Å². The maximum Gasteiger partial charge on any atom is 0.164 e. The number of benzene rings is 9. The molecule has 0 saturated heterocycles. The van der Waals surface area contributed by atoms with E-state index in [-0.39, 0.29) is 0 Å². The van der Waals surface area contributed by atoms with E-state index in [2.05, 4.69) is 170 Å². The Morgan fingerprint density at radius 2 is 0.841 bits per heavy atom. The quantitative estimate of drug-likeness (QED) is 0.173. The van der Waals surface area contributed by atoms with Crippen molar-refractivity contribution >= 4 is 33.7 Å². The lowest BCUT2D eigenvalue weighted by Gasteiger charge is -2.39. The van der Waals surface area contributed by atoms with Crippen molar-refractivity contribution < 1.29 is 4.42 Å². The van der Waals surface area contributed by atoms with Crippen molar-refractivity contribution in [1.82, 2.24) is 15.0 Å². The van der Waals surface area contributed by atoms with Gasteiger partial charge in [0.05, 0.1) is 5.41 Å². The first-order valence-corrected chi connectivity index (χ1v) is 22.1. The third kappa shape index (κ3) is 5.53. The number of aromatic nitrogens is 3. The normalized spacial score (nSPS) is 13.1. The molecular weight excluding hydrogens is 787 g/mol. The van der Waals surface area contributed by atoms with Gasteiger partial charge < -0.3 is 4.42 Å². The van der Waals surface area contributed by atoms with Gasteiger partial charge in [-0.25, -0.2) is 15.0 Å². The second kappa shape index (κ2) is 14.1. The molecule has 5 heteroatoms. The third-order valence-corrected chi connectivity index (χ3v) is 14.0. The lowest BCUT2D eigenvalue weighted by atomic mass is 9.67. The van der Waals surface area contributed by atoms with Gasteiger partial charge in [-0.3, -0.25) is 0 Å². The zero-order valence-corrected chi connectivity index (χ0v) is 34.7. The van der Waals surface area contributed by atoms with Gasteiger partial charge in [-0.2, -0.15) is 0 Å². The van der Waals surface area contributed by atoms with E-state index in [4.69, 9.17) is 19.4 Å². The van der Waals surface area contributed by atoms with E-state index in [1.165, 1.54) is 43.2 Å². The fourth-order valence-corrected chi connectivity index (χ4v) is 11.2. The Morgan fingerprint density at radius 1 is 0.333 bits per heavy atom. The molecule has 11 aromatic rings. The highest BCUT2D eigenvalue weighted by molar-refractivity contribution is 7.99. The predicted molar refractivity (Wildman–Crippen MR) is 256 cm³/mol. The highest BCUT2D eigenvalue weighted by Crippen LogP contribution is 2.62. The van der Waals surface area contributed by atoms with Crippen LogP contribution >= 0.6 is 11.8 Å². The van der Waals surface area contributed by atoms with Crippen LogP contribution in [0.4, 0.5) is 0 Å². The molecule has 0 atom stereocenters. The summed E-state index contributed by atoms with van der Waals surface area (Å²) in [6.07, 6.45) is 0. The van der Waals surface area contributed by atoms with Crippen molar-refractivity contribution in [2.75, 3.05) is 0 Å². The Morgan fingerprint density at radius 3 is 1.62 bits per heavy atom. The fraction of sp³-hybridized carbons (Fsp3) is 0.0172. The molecule has 0 bridgehead atoms. The molecule has 294 valence electrons. The zero-order chi connectivity index (χ0) is 41.5. The van der Waals surface area contributed by atoms with Crippen LogP contribution < -0.4 is 0 Å². The van der Waals surface area contributed by atoms with Crippen molar-refractivity contribution in [1.29, 1.82) is 0 Å². The molecule has 13 rings (SSSR count). The second-order valence-electron chi connectivity index (χ2n) is 16.3. The molecule has 1 aliphatic carbocycles. The average Bonchev–Trinajstić information content (AvgIpc) is 3.88. The van der Waals surface area contributed by atoms with E-state index in [0.29, 0.717) is 17.5 Å². The molecule has 9 aromatic carbocycles. The summed E-state index contributed by atoms with van der Waals surface area (Å²) in [5.41, 5.74) is 16.4. The molecule has 2 aliphatic rings. The van der Waals surface area contributed by atoms with Gasteiger partial charge >= 0.3 is 0 Å². The number of fused-ring (bicyclic) bond motifs is 12. The van der Waals surface area contributed by atoms with E-state index in [1.54, 1.807) is 0 Å². The highest BCUT2D eigenvalue weighted by Gasteiger charge is 2.50. The molecule has 3 heterocycles. The first-order chi connectivity index (χ1) is 31.2. The van der Waals surface area contributed by atoms with Gasteiger partial charge in [0.15, 0.2) is 17.5 Å². The van der Waals surface area contributed by atoms with Crippen LogP contribution in [0, 0.1) is 0 Å². The Hall–Kier alpha value is -7.86. The van der Waals surface area contributed by atoms with Gasteiger partial charge in [-0.1, -0.05) is 200 Å². The van der Waals surface area contributed by atoms with Crippen LogP contribution in [0.25, 0.3) is 89.5 Å². The number of furan rings is 1. The Bertz CT molecular complexity index is 3570. The minimum atomic E-state index is -0.404. The summed E-state index contributed by atoms with van der Waals surface area (Å²) in [5, 5.41) is 2.23. The molecule has 0 fully saturated rings. The first kappa shape index (κ1) is 35.9. The van der Waals surface area contributed by atoms with E-state index < -0.39 is 5.41 Å². The molecule has 1 spiro atoms. The molecule has 0 radical (unpaired) electrons. The lowest BCUT2D eigenvalue weighted by molar-refractivity contribution is 0.670. The third-order valence-electron chi connectivity index (χ3n) is 12.8. The van der Waals surface area contributed by atoms with Crippen molar-refractivity contribution in [3.05, 3.63) is 235 Å². The van der Waals surface area contributed by atoms with E-state index in [1.807, 2.05) is 54.2 Å². The summed E-state index contributed by atoms with van der Waals surface area (Å²) in [6, 6.07) is 75.6. The van der Waals surface area contributed by atoms with E-state index in [0.717, 1.165) is 60.9 Å². The summed E-state index contributed by atoms with van der Waals surface area (Å²) < 4.78 is 6.38. The van der Waals surface area contributed by atoms with E-state index in [9.17, 15) is 0 Å². The van der Waals surface area contributed by atoms with Crippen LogP contribution in [0.15, 0.2) is 227 Å². The number of para-hydroxylation sites is 2. The van der Waals surface area contributed by atoms with Gasteiger partial charge in [0.25, 0.3) is 0 Å². The van der Waals surface area contributed by atoms with Gasteiger partial charge in [0.1, 0.15) is 11.2 Å². The summed E-state index contributed by atoms with van der Waals surface area (Å²) in [6.45, 7) is 0. The van der Waals surface area contributed by atoms with Gasteiger partial charge in [-0.15, -0.1) is 0 Å². The zero-order valence-electron chi connectivity index (χ0n) is 33.9. The molecule has 1 aliphatic heterocycles. The smallest absolute Gasteiger partial charge is 0.164 e. The molecule has 0 amide bonds. The number of hydrogen-bond donors (Lipinski definition) is 0. The largest absolute Gasteiger partial charge is 0.455 e. The van der Waals surface area contributed by atoms with Gasteiger partial charge in [-0.05, 0) is 74.3 Å². The van der Waals surface area contributed by atoms with Gasteiger partial charge in [0, 0.05) is 42.8 Å². The van der Waals surface area contributed by atoms with Crippen LogP contribution in [-0.2, 0) is 5.41 Å². The maximum atomic E-state index is 6.38. The summed E-state index contributed by atoms with van der Waals surface area (Å²) in [5.74, 6) is 1.86. The molecule has 63 heavy (non-hydrogen) atoms. The standard InChI is InChI=1S/C58H35N3OS/c1-2-14-37(15-3-1)55-59-56(38-30-28-36(29-31-38)42-21-13-22-46-45-20-6-10-26-51(45)62-54(42)46)61-57(60-55)41-17-12-16-39(34-41)40-32-33-50-53(35-40)63-52-27-11-9-25-49(52)58(50)47-23-7-4-18-43(47)44-19-5-8-24-48(44)58/h1-35H. The number of hydrogen-bond acceptors (Lipinski definition) is 5. The monoisotopic (exact) mass is 821 g/mol. The van der Waals surface area contributed by atoms with E-state index >= 15 is 0 Å².